The Labute approximate surface area is 88.5 Å². The largest absolute Gasteiger partial charge is 0.468 e. The second-order valence-corrected chi connectivity index (χ2v) is 3.58. The van der Waals surface area contributed by atoms with Crippen LogP contribution in [0.3, 0.4) is 0 Å². The molecule has 0 aromatic carbocycles. The first-order chi connectivity index (χ1) is 7.15. The number of primary amides is 1. The number of carbonyl (C=O) groups excluding carboxylic acids is 2. The van der Waals surface area contributed by atoms with Crippen molar-refractivity contribution in [2.45, 2.75) is 18.9 Å². The summed E-state index contributed by atoms with van der Waals surface area (Å²) in [5.74, 6) is 0.141. The van der Waals surface area contributed by atoms with E-state index in [1.807, 2.05) is 0 Å². The van der Waals surface area contributed by atoms with Crippen molar-refractivity contribution in [2.24, 2.45) is 11.7 Å². The predicted molar refractivity (Wildman–Crippen MR) is 54.1 cm³/mol. The summed E-state index contributed by atoms with van der Waals surface area (Å²) in [5.41, 5.74) is 4.90. The lowest BCUT2D eigenvalue weighted by molar-refractivity contribution is -0.143. The lowest BCUT2D eigenvalue weighted by Crippen LogP contribution is -2.44. The molecule has 86 valence electrons. The molecule has 2 amide bonds. The van der Waals surface area contributed by atoms with Gasteiger partial charge in [-0.25, -0.2) is 4.79 Å². The zero-order chi connectivity index (χ0) is 11.3. The summed E-state index contributed by atoms with van der Waals surface area (Å²) in [6.07, 6.45) is 2.10. The van der Waals surface area contributed by atoms with Crippen molar-refractivity contribution in [3.05, 3.63) is 0 Å². The molecule has 0 aromatic heterocycles. The van der Waals surface area contributed by atoms with E-state index in [1.165, 1.54) is 7.11 Å². The monoisotopic (exact) mass is 215 g/mol. The second-order valence-electron chi connectivity index (χ2n) is 3.58. The Kier molecular flexibility index (Phi) is 4.36. The van der Waals surface area contributed by atoms with Crippen LogP contribution < -0.4 is 16.4 Å². The molecule has 1 aliphatic carbocycles. The molecule has 4 N–H and O–H groups in total. The molecule has 0 heterocycles. The van der Waals surface area contributed by atoms with Crippen LogP contribution in [0.5, 0.6) is 0 Å². The summed E-state index contributed by atoms with van der Waals surface area (Å²) < 4.78 is 4.68. The zero-order valence-electron chi connectivity index (χ0n) is 8.79. The van der Waals surface area contributed by atoms with Crippen molar-refractivity contribution in [1.29, 1.82) is 0 Å². The first kappa shape index (κ1) is 11.8. The standard InChI is InChI=1S/C9H17N3O3/c1-15-8(13)7(6-2-3-6)11-4-5-12-9(10)14/h6-7,11H,2-5H2,1H3,(H3,10,12,14). The Morgan fingerprint density at radius 2 is 2.13 bits per heavy atom. The number of rotatable bonds is 6. The molecule has 6 heteroatoms. The van der Waals surface area contributed by atoms with E-state index >= 15 is 0 Å². The molecule has 1 rings (SSSR count). The van der Waals surface area contributed by atoms with Gasteiger partial charge in [0.05, 0.1) is 7.11 Å². The van der Waals surface area contributed by atoms with E-state index in [-0.39, 0.29) is 12.0 Å². The summed E-state index contributed by atoms with van der Waals surface area (Å²) in [6, 6.07) is -0.803. The van der Waals surface area contributed by atoms with E-state index in [2.05, 4.69) is 15.4 Å². The van der Waals surface area contributed by atoms with Gasteiger partial charge in [0.25, 0.3) is 0 Å². The van der Waals surface area contributed by atoms with E-state index in [0.29, 0.717) is 19.0 Å². The molecule has 1 aliphatic rings. The molecule has 1 saturated carbocycles. The number of carbonyl (C=O) groups is 2. The molecule has 0 aromatic rings. The first-order valence-corrected chi connectivity index (χ1v) is 4.99. The maximum absolute atomic E-state index is 11.3. The second kappa shape index (κ2) is 5.55. The number of methoxy groups -OCH3 is 1. The fourth-order valence-electron chi connectivity index (χ4n) is 1.41. The minimum Gasteiger partial charge on any atom is -0.468 e. The highest BCUT2D eigenvalue weighted by Gasteiger charge is 2.36. The number of hydrogen-bond donors (Lipinski definition) is 3. The molecule has 0 bridgehead atoms. The van der Waals surface area contributed by atoms with Gasteiger partial charge in [-0.15, -0.1) is 0 Å². The predicted octanol–water partition coefficient (Wildman–Crippen LogP) is -0.804. The van der Waals surface area contributed by atoms with Crippen molar-refractivity contribution in [2.75, 3.05) is 20.2 Å². The Morgan fingerprint density at radius 3 is 2.60 bits per heavy atom. The molecule has 0 saturated heterocycles. The molecule has 1 unspecified atom stereocenters. The van der Waals surface area contributed by atoms with Gasteiger partial charge < -0.3 is 21.1 Å². The molecule has 15 heavy (non-hydrogen) atoms. The molecule has 0 aliphatic heterocycles. The number of hydrogen-bond acceptors (Lipinski definition) is 4. The average molecular weight is 215 g/mol. The summed E-state index contributed by atoms with van der Waals surface area (Å²) in [6.45, 7) is 0.925. The van der Waals surface area contributed by atoms with Gasteiger partial charge in [-0.3, -0.25) is 4.79 Å². The number of esters is 1. The van der Waals surface area contributed by atoms with Crippen molar-refractivity contribution in [3.63, 3.8) is 0 Å². The van der Waals surface area contributed by atoms with Gasteiger partial charge in [0.2, 0.25) is 0 Å². The summed E-state index contributed by atoms with van der Waals surface area (Å²) in [7, 11) is 1.38. The van der Waals surface area contributed by atoms with E-state index in [1.54, 1.807) is 0 Å². The normalized spacial score (nSPS) is 16.9. The van der Waals surface area contributed by atoms with Gasteiger partial charge in [-0.1, -0.05) is 0 Å². The molecular weight excluding hydrogens is 198 g/mol. The van der Waals surface area contributed by atoms with Crippen molar-refractivity contribution in [1.82, 2.24) is 10.6 Å². The third-order valence-corrected chi connectivity index (χ3v) is 2.34. The number of ether oxygens (including phenoxy) is 1. The highest BCUT2D eigenvalue weighted by atomic mass is 16.5. The number of nitrogens with one attached hydrogen (secondary N) is 2. The van der Waals surface area contributed by atoms with Gasteiger partial charge in [0.15, 0.2) is 0 Å². The Morgan fingerprint density at radius 1 is 1.47 bits per heavy atom. The fourth-order valence-corrected chi connectivity index (χ4v) is 1.41. The molecule has 0 spiro atoms. The van der Waals surface area contributed by atoms with Crippen LogP contribution in [0, 0.1) is 5.92 Å². The number of amides is 2. The topological polar surface area (TPSA) is 93.4 Å². The van der Waals surface area contributed by atoms with Crippen LogP contribution in [0.4, 0.5) is 4.79 Å². The van der Waals surface area contributed by atoms with E-state index in [9.17, 15) is 9.59 Å². The SMILES string of the molecule is COC(=O)C(NCCNC(N)=O)C1CC1. The van der Waals surface area contributed by atoms with Crippen LogP contribution in [-0.2, 0) is 9.53 Å². The summed E-state index contributed by atoms with van der Waals surface area (Å²) in [4.78, 5) is 21.7. The number of urea groups is 1. The van der Waals surface area contributed by atoms with Crippen molar-refractivity contribution in [3.8, 4) is 0 Å². The highest BCUT2D eigenvalue weighted by Crippen LogP contribution is 2.32. The van der Waals surface area contributed by atoms with Gasteiger partial charge >= 0.3 is 12.0 Å². The van der Waals surface area contributed by atoms with Gasteiger partial charge in [-0.2, -0.15) is 0 Å². The molecule has 1 fully saturated rings. The maximum Gasteiger partial charge on any atom is 0.323 e. The fraction of sp³-hybridized carbons (Fsp3) is 0.778. The lowest BCUT2D eigenvalue weighted by atomic mass is 10.2. The molecule has 1 atom stereocenters. The van der Waals surface area contributed by atoms with Crippen LogP contribution in [-0.4, -0.2) is 38.2 Å². The lowest BCUT2D eigenvalue weighted by Gasteiger charge is -2.15. The zero-order valence-corrected chi connectivity index (χ0v) is 8.79. The average Bonchev–Trinajstić information content (AvgIpc) is 3.00. The summed E-state index contributed by atoms with van der Waals surface area (Å²) >= 11 is 0. The maximum atomic E-state index is 11.3. The molecule has 6 nitrogen and oxygen atoms in total. The minimum absolute atomic E-state index is 0.239. The molecular formula is C9H17N3O3. The minimum atomic E-state index is -0.558. The highest BCUT2D eigenvalue weighted by molar-refractivity contribution is 5.76. The van der Waals surface area contributed by atoms with Crippen LogP contribution in [0.25, 0.3) is 0 Å². The van der Waals surface area contributed by atoms with Crippen molar-refractivity contribution >= 4 is 12.0 Å². The Balaban J connectivity index is 2.20. The van der Waals surface area contributed by atoms with E-state index < -0.39 is 6.03 Å². The Bertz CT molecular complexity index is 241. The first-order valence-electron chi connectivity index (χ1n) is 4.99. The van der Waals surface area contributed by atoms with E-state index in [4.69, 9.17) is 5.73 Å². The van der Waals surface area contributed by atoms with Gasteiger partial charge in [-0.05, 0) is 18.8 Å². The van der Waals surface area contributed by atoms with Crippen LogP contribution in [0.2, 0.25) is 0 Å². The van der Waals surface area contributed by atoms with Crippen molar-refractivity contribution < 1.29 is 14.3 Å². The quantitative estimate of drug-likeness (QED) is 0.399. The Hall–Kier alpha value is -1.30. The van der Waals surface area contributed by atoms with Gasteiger partial charge in [0, 0.05) is 13.1 Å². The third-order valence-electron chi connectivity index (χ3n) is 2.34. The van der Waals surface area contributed by atoms with E-state index in [0.717, 1.165) is 12.8 Å². The van der Waals surface area contributed by atoms with Crippen LogP contribution >= 0.6 is 0 Å². The van der Waals surface area contributed by atoms with Gasteiger partial charge in [0.1, 0.15) is 6.04 Å². The molecule has 0 radical (unpaired) electrons. The third kappa shape index (κ3) is 4.16. The number of nitrogens with two attached hydrogens (primary N) is 1. The van der Waals surface area contributed by atoms with Crippen LogP contribution in [0.15, 0.2) is 0 Å². The van der Waals surface area contributed by atoms with Crippen LogP contribution in [0.1, 0.15) is 12.8 Å². The smallest absolute Gasteiger partial charge is 0.323 e. The summed E-state index contributed by atoms with van der Waals surface area (Å²) in [5, 5.41) is 5.48.